The van der Waals surface area contributed by atoms with Gasteiger partial charge in [-0.05, 0) is 55.9 Å². The number of morpholine rings is 1. The van der Waals surface area contributed by atoms with Crippen LogP contribution < -0.4 is 5.32 Å². The molecule has 29 heavy (non-hydrogen) atoms. The van der Waals surface area contributed by atoms with E-state index in [1.165, 1.54) is 10.8 Å². The van der Waals surface area contributed by atoms with Crippen molar-refractivity contribution >= 4 is 53.7 Å². The van der Waals surface area contributed by atoms with Gasteiger partial charge in [0.1, 0.15) is 0 Å². The Hall–Kier alpha value is -0.960. The highest BCUT2D eigenvalue weighted by Gasteiger charge is 2.15. The van der Waals surface area contributed by atoms with Crippen molar-refractivity contribution < 1.29 is 9.84 Å². The minimum atomic E-state index is -0.440. The first-order valence-electron chi connectivity index (χ1n) is 10.2. The number of benzene rings is 2. The largest absolute Gasteiger partial charge is 0.390 e. The molecule has 3 aromatic rings. The van der Waals surface area contributed by atoms with Crippen molar-refractivity contribution in [3.63, 3.8) is 0 Å². The van der Waals surface area contributed by atoms with E-state index in [-0.39, 0.29) is 0 Å². The number of ether oxygens (including phenoxy) is 1. The predicted octanol–water partition coefficient (Wildman–Crippen LogP) is 3.99. The number of hydrogen-bond acceptors (Lipinski definition) is 4. The lowest BCUT2D eigenvalue weighted by atomic mass is 10.2. The molecule has 1 fully saturated rings. The number of rotatable bonds is 8. The number of aliphatic hydroxyl groups is 1. The van der Waals surface area contributed by atoms with Crippen LogP contribution in [0.15, 0.2) is 45.3 Å². The van der Waals surface area contributed by atoms with Gasteiger partial charge in [0.2, 0.25) is 0 Å². The first-order chi connectivity index (χ1) is 14.1. The average molecular weight is 525 g/mol. The molecule has 1 aromatic heterocycles. The summed E-state index contributed by atoms with van der Waals surface area (Å²) in [5, 5.41) is 16.5. The van der Waals surface area contributed by atoms with Gasteiger partial charge in [0, 0.05) is 50.4 Å². The lowest BCUT2D eigenvalue weighted by molar-refractivity contribution is 0.0373. The molecular formula is C22H27Br2N3O2. The molecule has 1 aliphatic heterocycles. The minimum absolute atomic E-state index is 0.440. The molecule has 2 heterocycles. The van der Waals surface area contributed by atoms with E-state index in [2.05, 4.69) is 83.0 Å². The van der Waals surface area contributed by atoms with Crippen LogP contribution in [0.2, 0.25) is 0 Å². The van der Waals surface area contributed by atoms with Gasteiger partial charge in [0.25, 0.3) is 0 Å². The SMILES string of the molecule is O[C@H](CNCCCN1CCOCC1)Cn1c2ccc(Br)cc2c2cc(Br)ccc21. The molecular weight excluding hydrogens is 498 g/mol. The van der Waals surface area contributed by atoms with Crippen LogP contribution in [0.5, 0.6) is 0 Å². The van der Waals surface area contributed by atoms with Crippen molar-refractivity contribution in [3.05, 3.63) is 45.3 Å². The van der Waals surface area contributed by atoms with E-state index in [0.717, 1.165) is 65.8 Å². The van der Waals surface area contributed by atoms with Gasteiger partial charge >= 0.3 is 0 Å². The fraction of sp³-hybridized carbons (Fsp3) is 0.455. The standard InChI is InChI=1S/C22H27Br2N3O2/c23-16-2-4-21-19(12-16)20-13-17(24)3-5-22(20)27(21)15-18(28)14-25-6-1-7-26-8-10-29-11-9-26/h2-5,12-13,18,25,28H,1,6-11,14-15H2/t18-/m1/s1. The van der Waals surface area contributed by atoms with Gasteiger partial charge in [0.05, 0.1) is 25.9 Å². The third-order valence-electron chi connectivity index (χ3n) is 5.49. The van der Waals surface area contributed by atoms with Gasteiger partial charge in [-0.15, -0.1) is 0 Å². The fourth-order valence-corrected chi connectivity index (χ4v) is 4.76. The third-order valence-corrected chi connectivity index (χ3v) is 6.48. The van der Waals surface area contributed by atoms with Gasteiger partial charge in [-0.2, -0.15) is 0 Å². The van der Waals surface area contributed by atoms with Gasteiger partial charge in [0.15, 0.2) is 0 Å². The van der Waals surface area contributed by atoms with Crippen LogP contribution in [0, 0.1) is 0 Å². The van der Waals surface area contributed by atoms with Gasteiger partial charge in [-0.25, -0.2) is 0 Å². The molecule has 2 aromatic carbocycles. The second kappa shape index (κ2) is 9.90. The Balaban J connectivity index is 1.38. The molecule has 7 heteroatoms. The summed E-state index contributed by atoms with van der Waals surface area (Å²) in [4.78, 5) is 2.44. The van der Waals surface area contributed by atoms with E-state index < -0.39 is 6.10 Å². The van der Waals surface area contributed by atoms with Crippen molar-refractivity contribution in [2.75, 3.05) is 45.9 Å². The zero-order valence-electron chi connectivity index (χ0n) is 16.4. The van der Waals surface area contributed by atoms with Crippen LogP contribution in [0.4, 0.5) is 0 Å². The highest BCUT2D eigenvalue weighted by atomic mass is 79.9. The first-order valence-corrected chi connectivity index (χ1v) is 11.8. The van der Waals surface area contributed by atoms with Crippen LogP contribution in [-0.2, 0) is 11.3 Å². The highest BCUT2D eigenvalue weighted by Crippen LogP contribution is 2.33. The minimum Gasteiger partial charge on any atom is -0.390 e. The van der Waals surface area contributed by atoms with Crippen LogP contribution in [0.1, 0.15) is 6.42 Å². The summed E-state index contributed by atoms with van der Waals surface area (Å²) in [6.45, 7) is 6.92. The highest BCUT2D eigenvalue weighted by molar-refractivity contribution is 9.10. The normalized spacial score (nSPS) is 16.7. The second-order valence-electron chi connectivity index (χ2n) is 7.60. The van der Waals surface area contributed by atoms with Gasteiger partial charge in [-0.3, -0.25) is 4.90 Å². The zero-order chi connectivity index (χ0) is 20.2. The molecule has 0 amide bonds. The Bertz CT molecular complexity index is 910. The van der Waals surface area contributed by atoms with Crippen LogP contribution in [0.3, 0.4) is 0 Å². The molecule has 1 aliphatic rings. The lowest BCUT2D eigenvalue weighted by Crippen LogP contribution is -2.38. The quantitative estimate of drug-likeness (QED) is 0.437. The molecule has 2 N–H and O–H groups in total. The monoisotopic (exact) mass is 523 g/mol. The van der Waals surface area contributed by atoms with Crippen molar-refractivity contribution in [2.45, 2.75) is 19.1 Å². The maximum atomic E-state index is 10.7. The van der Waals surface area contributed by atoms with E-state index in [1.54, 1.807) is 0 Å². The van der Waals surface area contributed by atoms with E-state index >= 15 is 0 Å². The third kappa shape index (κ3) is 5.21. The number of aliphatic hydroxyl groups excluding tert-OH is 1. The Morgan fingerprint density at radius 3 is 2.24 bits per heavy atom. The number of nitrogens with zero attached hydrogens (tertiary/aromatic N) is 2. The van der Waals surface area contributed by atoms with Crippen molar-refractivity contribution in [1.29, 1.82) is 0 Å². The summed E-state index contributed by atoms with van der Waals surface area (Å²) >= 11 is 7.17. The summed E-state index contributed by atoms with van der Waals surface area (Å²) in [7, 11) is 0. The molecule has 0 bridgehead atoms. The van der Waals surface area contributed by atoms with E-state index in [0.29, 0.717) is 13.1 Å². The smallest absolute Gasteiger partial charge is 0.0843 e. The Morgan fingerprint density at radius 1 is 1.00 bits per heavy atom. The molecule has 156 valence electrons. The summed E-state index contributed by atoms with van der Waals surface area (Å²) in [5.41, 5.74) is 2.29. The Labute approximate surface area is 188 Å². The number of aromatic nitrogens is 1. The summed E-state index contributed by atoms with van der Waals surface area (Å²) in [6, 6.07) is 12.7. The maximum Gasteiger partial charge on any atom is 0.0843 e. The summed E-state index contributed by atoms with van der Waals surface area (Å²) in [6.07, 6.45) is 0.647. The number of nitrogens with one attached hydrogen (secondary N) is 1. The number of hydrogen-bond donors (Lipinski definition) is 2. The van der Waals surface area contributed by atoms with Crippen LogP contribution in [-0.4, -0.2) is 66.6 Å². The van der Waals surface area contributed by atoms with E-state index in [4.69, 9.17) is 4.74 Å². The molecule has 0 saturated carbocycles. The van der Waals surface area contributed by atoms with E-state index in [1.807, 2.05) is 0 Å². The number of halogens is 2. The maximum absolute atomic E-state index is 10.7. The summed E-state index contributed by atoms with van der Waals surface area (Å²) < 4.78 is 9.73. The lowest BCUT2D eigenvalue weighted by Gasteiger charge is -2.26. The average Bonchev–Trinajstić information content (AvgIpc) is 3.00. The molecule has 0 spiro atoms. The second-order valence-corrected chi connectivity index (χ2v) is 9.43. The molecule has 5 nitrogen and oxygen atoms in total. The molecule has 0 aliphatic carbocycles. The van der Waals surface area contributed by atoms with Crippen molar-refractivity contribution in [1.82, 2.24) is 14.8 Å². The van der Waals surface area contributed by atoms with Gasteiger partial charge in [-0.1, -0.05) is 31.9 Å². The first kappa shape index (κ1) is 21.3. The van der Waals surface area contributed by atoms with Gasteiger partial charge < -0.3 is 19.7 Å². The van der Waals surface area contributed by atoms with Crippen molar-refractivity contribution in [2.24, 2.45) is 0 Å². The fourth-order valence-electron chi connectivity index (χ4n) is 4.04. The molecule has 0 radical (unpaired) electrons. The molecule has 1 saturated heterocycles. The Morgan fingerprint density at radius 2 is 1.62 bits per heavy atom. The topological polar surface area (TPSA) is 49.7 Å². The molecule has 4 rings (SSSR count). The Kier molecular flexibility index (Phi) is 7.26. The van der Waals surface area contributed by atoms with Crippen LogP contribution in [0.25, 0.3) is 21.8 Å². The number of fused-ring (bicyclic) bond motifs is 3. The van der Waals surface area contributed by atoms with Crippen molar-refractivity contribution in [3.8, 4) is 0 Å². The molecule has 0 unspecified atom stereocenters. The zero-order valence-corrected chi connectivity index (χ0v) is 19.6. The predicted molar refractivity (Wildman–Crippen MR) is 126 cm³/mol. The van der Waals surface area contributed by atoms with Crippen LogP contribution >= 0.6 is 31.9 Å². The van der Waals surface area contributed by atoms with E-state index in [9.17, 15) is 5.11 Å². The molecule has 1 atom stereocenters. The summed E-state index contributed by atoms with van der Waals surface area (Å²) in [5.74, 6) is 0.